The van der Waals surface area contributed by atoms with Crippen LogP contribution in [0.1, 0.15) is 48.5 Å². The van der Waals surface area contributed by atoms with Gasteiger partial charge in [0.1, 0.15) is 5.75 Å². The molecule has 0 aliphatic heterocycles. The number of hydrogen-bond acceptors (Lipinski definition) is 5. The van der Waals surface area contributed by atoms with Crippen molar-refractivity contribution in [1.82, 2.24) is 14.4 Å². The van der Waals surface area contributed by atoms with E-state index >= 15 is 0 Å². The van der Waals surface area contributed by atoms with Gasteiger partial charge in [0.15, 0.2) is 11.5 Å². The van der Waals surface area contributed by atoms with Crippen LogP contribution in [-0.4, -0.2) is 33.9 Å². The molecule has 0 spiro atoms. The third-order valence-electron chi connectivity index (χ3n) is 6.17. The summed E-state index contributed by atoms with van der Waals surface area (Å²) in [5.41, 5.74) is 11.7. The maximum Gasteiger partial charge on any atom is 0.248 e. The van der Waals surface area contributed by atoms with E-state index in [1.54, 1.807) is 7.11 Å². The molecular weight excluding hydrogens is 426 g/mol. The van der Waals surface area contributed by atoms with E-state index in [2.05, 4.69) is 29.6 Å². The SMILES string of the molecule is COc1cccc(-c2cn3c(-c4ccc(C(N)=O)c(C5CC5)c4)cnc3c(NCC(C)C)n2)c1. The zero-order valence-electron chi connectivity index (χ0n) is 19.7. The largest absolute Gasteiger partial charge is 0.497 e. The van der Waals surface area contributed by atoms with E-state index in [0.717, 1.165) is 64.7 Å². The number of hydrogen-bond donors (Lipinski definition) is 2. The van der Waals surface area contributed by atoms with E-state index in [9.17, 15) is 4.79 Å². The number of nitrogens with one attached hydrogen (secondary N) is 1. The smallest absolute Gasteiger partial charge is 0.248 e. The Morgan fingerprint density at radius 3 is 2.74 bits per heavy atom. The number of ether oxygens (including phenoxy) is 1. The van der Waals surface area contributed by atoms with Crippen LogP contribution in [0.4, 0.5) is 5.82 Å². The number of amides is 1. The van der Waals surface area contributed by atoms with Crippen LogP contribution in [0.2, 0.25) is 0 Å². The molecule has 2 aromatic heterocycles. The van der Waals surface area contributed by atoms with Crippen molar-refractivity contribution in [2.45, 2.75) is 32.6 Å². The first kappa shape index (κ1) is 21.9. The zero-order valence-corrected chi connectivity index (χ0v) is 19.7. The first-order valence-electron chi connectivity index (χ1n) is 11.6. The first-order chi connectivity index (χ1) is 16.4. The summed E-state index contributed by atoms with van der Waals surface area (Å²) in [6.07, 6.45) is 6.04. The molecule has 1 amide bonds. The Balaban J connectivity index is 1.67. The monoisotopic (exact) mass is 455 g/mol. The van der Waals surface area contributed by atoms with Crippen LogP contribution in [0.15, 0.2) is 54.9 Å². The molecule has 1 saturated carbocycles. The van der Waals surface area contributed by atoms with Crippen LogP contribution in [-0.2, 0) is 0 Å². The van der Waals surface area contributed by atoms with E-state index in [1.165, 1.54) is 0 Å². The number of aromatic nitrogens is 3. The lowest BCUT2D eigenvalue weighted by Gasteiger charge is -2.14. The summed E-state index contributed by atoms with van der Waals surface area (Å²) in [5.74, 6) is 1.99. The van der Waals surface area contributed by atoms with Crippen molar-refractivity contribution >= 4 is 17.4 Å². The number of nitrogens with zero attached hydrogens (tertiary/aromatic N) is 3. The second-order valence-electron chi connectivity index (χ2n) is 9.26. The molecule has 7 nitrogen and oxygen atoms in total. The summed E-state index contributed by atoms with van der Waals surface area (Å²) in [7, 11) is 1.66. The Morgan fingerprint density at radius 2 is 2.03 bits per heavy atom. The Morgan fingerprint density at radius 1 is 1.21 bits per heavy atom. The van der Waals surface area contributed by atoms with Gasteiger partial charge in [-0.15, -0.1) is 0 Å². The van der Waals surface area contributed by atoms with Crippen molar-refractivity contribution in [3.8, 4) is 28.3 Å². The molecule has 2 aromatic carbocycles. The van der Waals surface area contributed by atoms with Gasteiger partial charge in [0.2, 0.25) is 5.91 Å². The summed E-state index contributed by atoms with van der Waals surface area (Å²) in [4.78, 5) is 21.6. The van der Waals surface area contributed by atoms with Gasteiger partial charge in [-0.1, -0.05) is 32.0 Å². The predicted molar refractivity (Wildman–Crippen MR) is 134 cm³/mol. The van der Waals surface area contributed by atoms with Crippen molar-refractivity contribution in [2.75, 3.05) is 19.0 Å². The van der Waals surface area contributed by atoms with Crippen molar-refractivity contribution in [2.24, 2.45) is 11.7 Å². The second-order valence-corrected chi connectivity index (χ2v) is 9.26. The molecule has 34 heavy (non-hydrogen) atoms. The van der Waals surface area contributed by atoms with E-state index in [4.69, 9.17) is 20.4 Å². The number of carbonyl (C=O) groups is 1. The average molecular weight is 456 g/mol. The second kappa shape index (κ2) is 8.82. The van der Waals surface area contributed by atoms with Gasteiger partial charge >= 0.3 is 0 Å². The molecule has 7 heteroatoms. The van der Waals surface area contributed by atoms with E-state index < -0.39 is 0 Å². The Kier molecular flexibility index (Phi) is 5.69. The minimum atomic E-state index is -0.378. The van der Waals surface area contributed by atoms with Gasteiger partial charge < -0.3 is 15.8 Å². The van der Waals surface area contributed by atoms with Crippen molar-refractivity contribution in [1.29, 1.82) is 0 Å². The summed E-state index contributed by atoms with van der Waals surface area (Å²) >= 11 is 0. The Hall–Kier alpha value is -3.87. The van der Waals surface area contributed by atoms with Gasteiger partial charge in [0.05, 0.1) is 24.7 Å². The number of carbonyl (C=O) groups excluding carboxylic acids is 1. The van der Waals surface area contributed by atoms with Gasteiger partial charge in [-0.2, -0.15) is 0 Å². The number of nitrogens with two attached hydrogens (primary N) is 1. The van der Waals surface area contributed by atoms with E-state index in [0.29, 0.717) is 17.4 Å². The highest BCUT2D eigenvalue weighted by Gasteiger charge is 2.28. The lowest BCUT2D eigenvalue weighted by atomic mass is 9.98. The predicted octanol–water partition coefficient (Wildman–Crippen LogP) is 5.12. The number of anilines is 1. The Labute approximate surface area is 199 Å². The fraction of sp³-hybridized carbons (Fsp3) is 0.296. The minimum absolute atomic E-state index is 0.378. The van der Waals surface area contributed by atoms with Crippen LogP contribution in [0.5, 0.6) is 5.75 Å². The zero-order chi connectivity index (χ0) is 23.8. The third kappa shape index (κ3) is 4.21. The number of rotatable bonds is 8. The molecule has 0 unspecified atom stereocenters. The molecule has 0 bridgehead atoms. The van der Waals surface area contributed by atoms with Gasteiger partial charge in [-0.05, 0) is 54.5 Å². The number of imidazole rings is 1. The number of benzene rings is 2. The van der Waals surface area contributed by atoms with Crippen LogP contribution >= 0.6 is 0 Å². The van der Waals surface area contributed by atoms with E-state index in [1.807, 2.05) is 48.8 Å². The normalized spacial score (nSPS) is 13.4. The molecule has 3 N–H and O–H groups in total. The van der Waals surface area contributed by atoms with Gasteiger partial charge in [0, 0.05) is 29.4 Å². The van der Waals surface area contributed by atoms with Crippen molar-refractivity contribution in [3.05, 3.63) is 66.0 Å². The van der Waals surface area contributed by atoms with Crippen molar-refractivity contribution in [3.63, 3.8) is 0 Å². The molecule has 0 atom stereocenters. The summed E-state index contributed by atoms with van der Waals surface area (Å²) < 4.78 is 7.49. The number of fused-ring (bicyclic) bond motifs is 1. The topological polar surface area (TPSA) is 94.5 Å². The maximum atomic E-state index is 12.0. The molecule has 174 valence electrons. The highest BCUT2D eigenvalue weighted by molar-refractivity contribution is 5.95. The molecular formula is C27H29N5O2. The van der Waals surface area contributed by atoms with Gasteiger partial charge in [-0.3, -0.25) is 9.20 Å². The molecule has 5 rings (SSSR count). The lowest BCUT2D eigenvalue weighted by molar-refractivity contribution is 0.0999. The molecule has 1 aliphatic carbocycles. The summed E-state index contributed by atoms with van der Waals surface area (Å²) in [6, 6.07) is 13.8. The van der Waals surface area contributed by atoms with Gasteiger partial charge in [0.25, 0.3) is 0 Å². The quantitative estimate of drug-likeness (QED) is 0.385. The van der Waals surface area contributed by atoms with Gasteiger partial charge in [-0.25, -0.2) is 9.97 Å². The van der Waals surface area contributed by atoms with Crippen LogP contribution < -0.4 is 15.8 Å². The summed E-state index contributed by atoms with van der Waals surface area (Å²) in [6.45, 7) is 5.10. The lowest BCUT2D eigenvalue weighted by Crippen LogP contribution is -2.13. The average Bonchev–Trinajstić information content (AvgIpc) is 3.60. The molecule has 0 saturated heterocycles. The molecule has 0 radical (unpaired) electrons. The maximum absolute atomic E-state index is 12.0. The minimum Gasteiger partial charge on any atom is -0.497 e. The van der Waals surface area contributed by atoms with E-state index in [-0.39, 0.29) is 5.91 Å². The third-order valence-corrected chi connectivity index (χ3v) is 6.17. The highest BCUT2D eigenvalue weighted by Crippen LogP contribution is 2.43. The molecule has 1 aliphatic rings. The van der Waals surface area contributed by atoms with Crippen LogP contribution in [0.25, 0.3) is 28.2 Å². The first-order valence-corrected chi connectivity index (χ1v) is 11.6. The fourth-order valence-corrected chi connectivity index (χ4v) is 4.22. The number of primary amides is 1. The summed E-state index contributed by atoms with van der Waals surface area (Å²) in [5, 5.41) is 3.47. The molecule has 1 fully saturated rings. The molecule has 2 heterocycles. The standard InChI is InChI=1S/C27H29N5O2/c1-16(2)13-29-26-27-30-14-24(19-9-10-21(25(28)33)22(12-19)17-7-8-17)32(27)15-23(31-26)18-5-4-6-20(11-18)34-3/h4-6,9-12,14-17H,7-8,13H2,1-3H3,(H2,28,33)(H,29,31). The molecule has 4 aromatic rings. The van der Waals surface area contributed by atoms with Crippen LogP contribution in [0.3, 0.4) is 0 Å². The van der Waals surface area contributed by atoms with Crippen LogP contribution in [0, 0.1) is 5.92 Å². The number of methoxy groups -OCH3 is 1. The highest BCUT2D eigenvalue weighted by atomic mass is 16.5. The Bertz CT molecular complexity index is 1370. The fourth-order valence-electron chi connectivity index (χ4n) is 4.22. The van der Waals surface area contributed by atoms with Crippen molar-refractivity contribution < 1.29 is 9.53 Å².